The second-order valence-electron chi connectivity index (χ2n) is 6.60. The van der Waals surface area contributed by atoms with Crippen LogP contribution in [0.3, 0.4) is 0 Å². The summed E-state index contributed by atoms with van der Waals surface area (Å²) >= 11 is 0. The Kier molecular flexibility index (Phi) is 8.66. The summed E-state index contributed by atoms with van der Waals surface area (Å²) < 4.78 is 0. The van der Waals surface area contributed by atoms with Crippen molar-refractivity contribution in [3.8, 4) is 0 Å². The summed E-state index contributed by atoms with van der Waals surface area (Å²) in [6.45, 7) is 10.4. The molecule has 0 aliphatic heterocycles. The molecule has 0 heterocycles. The highest BCUT2D eigenvalue weighted by Crippen LogP contribution is 2.00. The van der Waals surface area contributed by atoms with Crippen LogP contribution in [-0.2, 0) is 14.4 Å². The summed E-state index contributed by atoms with van der Waals surface area (Å²) in [7, 11) is 0. The first-order chi connectivity index (χ1) is 9.60. The van der Waals surface area contributed by atoms with Gasteiger partial charge < -0.3 is 16.0 Å². The summed E-state index contributed by atoms with van der Waals surface area (Å²) in [6.07, 6.45) is 0.811. The minimum Gasteiger partial charge on any atom is -0.354 e. The number of hydrogen-bond acceptors (Lipinski definition) is 3. The minimum absolute atomic E-state index is 0.0104. The molecule has 0 radical (unpaired) electrons. The maximum absolute atomic E-state index is 11.5. The molecule has 0 unspecified atom stereocenters. The molecule has 0 aromatic carbocycles. The lowest BCUT2D eigenvalue weighted by Crippen LogP contribution is -2.41. The van der Waals surface area contributed by atoms with E-state index in [1.54, 1.807) is 0 Å². The van der Waals surface area contributed by atoms with Crippen molar-refractivity contribution in [2.24, 2.45) is 5.92 Å². The van der Waals surface area contributed by atoms with Gasteiger partial charge in [0.1, 0.15) is 0 Å². The average Bonchev–Trinajstić information content (AvgIpc) is 2.29. The molecule has 0 aromatic heterocycles. The Labute approximate surface area is 127 Å². The third-order valence-corrected chi connectivity index (χ3v) is 2.46. The van der Waals surface area contributed by atoms with Crippen LogP contribution in [-0.4, -0.2) is 36.3 Å². The van der Waals surface area contributed by atoms with E-state index >= 15 is 0 Å². The predicted molar refractivity (Wildman–Crippen MR) is 82.6 cm³/mol. The maximum atomic E-state index is 11.5. The lowest BCUT2D eigenvalue weighted by molar-refractivity contribution is -0.127. The molecule has 122 valence electrons. The fourth-order valence-electron chi connectivity index (χ4n) is 1.64. The zero-order valence-electron chi connectivity index (χ0n) is 13.8. The average molecular weight is 299 g/mol. The van der Waals surface area contributed by atoms with Gasteiger partial charge in [-0.15, -0.1) is 0 Å². The number of amides is 3. The Bertz CT molecular complexity index is 360. The van der Waals surface area contributed by atoms with E-state index in [1.807, 2.05) is 34.6 Å². The highest BCUT2D eigenvalue weighted by Gasteiger charge is 2.14. The molecule has 0 fully saturated rings. The van der Waals surface area contributed by atoms with Crippen LogP contribution >= 0.6 is 0 Å². The summed E-state index contributed by atoms with van der Waals surface area (Å²) in [5, 5.41) is 8.21. The van der Waals surface area contributed by atoms with Gasteiger partial charge in [-0.1, -0.05) is 13.8 Å². The van der Waals surface area contributed by atoms with Gasteiger partial charge in [-0.25, -0.2) is 0 Å². The zero-order chi connectivity index (χ0) is 16.5. The normalized spacial score (nSPS) is 11.1. The number of rotatable bonds is 8. The van der Waals surface area contributed by atoms with E-state index < -0.39 is 0 Å². The maximum Gasteiger partial charge on any atom is 0.220 e. The van der Waals surface area contributed by atoms with Gasteiger partial charge >= 0.3 is 0 Å². The molecule has 3 amide bonds. The zero-order valence-corrected chi connectivity index (χ0v) is 13.8. The smallest absolute Gasteiger partial charge is 0.220 e. The number of hydrogen-bond donors (Lipinski definition) is 3. The Morgan fingerprint density at radius 1 is 0.857 bits per heavy atom. The molecule has 6 nitrogen and oxygen atoms in total. The number of nitrogens with one attached hydrogen (secondary N) is 3. The van der Waals surface area contributed by atoms with Crippen LogP contribution in [0.5, 0.6) is 0 Å². The second-order valence-corrected chi connectivity index (χ2v) is 6.60. The molecule has 0 aliphatic carbocycles. The van der Waals surface area contributed by atoms with E-state index in [4.69, 9.17) is 0 Å². The van der Waals surface area contributed by atoms with Crippen molar-refractivity contribution in [2.45, 2.75) is 59.4 Å². The van der Waals surface area contributed by atoms with Crippen molar-refractivity contribution >= 4 is 17.7 Å². The van der Waals surface area contributed by atoms with Gasteiger partial charge in [0, 0.05) is 37.9 Å². The van der Waals surface area contributed by atoms with Crippen molar-refractivity contribution in [3.05, 3.63) is 0 Å². The number of carbonyl (C=O) groups excluding carboxylic acids is 3. The van der Waals surface area contributed by atoms with Gasteiger partial charge in [-0.2, -0.15) is 0 Å². The first kappa shape index (κ1) is 19.4. The molecule has 0 aromatic rings. The van der Waals surface area contributed by atoms with E-state index in [0.29, 0.717) is 25.4 Å². The van der Waals surface area contributed by atoms with Gasteiger partial charge in [0.2, 0.25) is 17.7 Å². The molecule has 0 atom stereocenters. The summed E-state index contributed by atoms with van der Waals surface area (Å²) in [6, 6.07) is 0. The Hall–Kier alpha value is -1.59. The second kappa shape index (κ2) is 9.37. The monoisotopic (exact) mass is 299 g/mol. The molecule has 3 N–H and O–H groups in total. The molecule has 0 saturated heterocycles. The third-order valence-electron chi connectivity index (χ3n) is 2.46. The van der Waals surface area contributed by atoms with Crippen LogP contribution in [0.15, 0.2) is 0 Å². The molecule has 6 heteroatoms. The Morgan fingerprint density at radius 2 is 1.33 bits per heavy atom. The lowest BCUT2D eigenvalue weighted by atomic mass is 10.1. The van der Waals surface area contributed by atoms with Gasteiger partial charge in [-0.3, -0.25) is 14.4 Å². The summed E-state index contributed by atoms with van der Waals surface area (Å²) in [5.41, 5.74) is -0.283. The van der Waals surface area contributed by atoms with Gasteiger partial charge in [0.25, 0.3) is 0 Å². The quantitative estimate of drug-likeness (QED) is 0.583. The van der Waals surface area contributed by atoms with Crippen molar-refractivity contribution in [3.63, 3.8) is 0 Å². The highest BCUT2D eigenvalue weighted by molar-refractivity contribution is 5.84. The van der Waals surface area contributed by atoms with E-state index in [9.17, 15) is 14.4 Å². The van der Waals surface area contributed by atoms with Crippen LogP contribution < -0.4 is 16.0 Å². The molecule has 0 spiro atoms. The van der Waals surface area contributed by atoms with Crippen LogP contribution in [0, 0.1) is 5.92 Å². The van der Waals surface area contributed by atoms with Gasteiger partial charge in [-0.05, 0) is 26.7 Å². The minimum atomic E-state index is -0.283. The lowest BCUT2D eigenvalue weighted by Gasteiger charge is -2.20. The van der Waals surface area contributed by atoms with Crippen LogP contribution in [0.1, 0.15) is 53.9 Å². The van der Waals surface area contributed by atoms with Crippen molar-refractivity contribution in [1.29, 1.82) is 0 Å². The van der Waals surface area contributed by atoms with E-state index in [2.05, 4.69) is 16.0 Å². The Balaban J connectivity index is 3.68. The fourth-order valence-corrected chi connectivity index (χ4v) is 1.64. The molecule has 0 bridgehead atoms. The third kappa shape index (κ3) is 13.2. The van der Waals surface area contributed by atoms with E-state index in [1.165, 1.54) is 0 Å². The highest BCUT2D eigenvalue weighted by atomic mass is 16.2. The van der Waals surface area contributed by atoms with Crippen molar-refractivity contribution < 1.29 is 14.4 Å². The van der Waals surface area contributed by atoms with Crippen molar-refractivity contribution in [2.75, 3.05) is 13.1 Å². The van der Waals surface area contributed by atoms with Crippen LogP contribution in [0.4, 0.5) is 0 Å². The largest absolute Gasteiger partial charge is 0.354 e. The first-order valence-corrected chi connectivity index (χ1v) is 7.44. The summed E-state index contributed by atoms with van der Waals surface area (Å²) in [4.78, 5) is 34.4. The molecule has 0 aliphatic rings. The molecular weight excluding hydrogens is 270 g/mol. The first-order valence-electron chi connectivity index (χ1n) is 7.44. The van der Waals surface area contributed by atoms with Crippen molar-refractivity contribution in [1.82, 2.24) is 16.0 Å². The molecule has 0 saturated carbocycles. The predicted octanol–water partition coefficient (Wildman–Crippen LogP) is 0.960. The fraction of sp³-hybridized carbons (Fsp3) is 0.800. The van der Waals surface area contributed by atoms with Crippen LogP contribution in [0.25, 0.3) is 0 Å². The summed E-state index contributed by atoms with van der Waals surface area (Å²) in [5.74, 6) is -0.00947. The molecular formula is C15H29N3O3. The SMILES string of the molecule is CC(C)CC(=O)NCCNC(=O)CCC(=O)NC(C)(C)C. The Morgan fingerprint density at radius 3 is 1.81 bits per heavy atom. The van der Waals surface area contributed by atoms with Crippen LogP contribution in [0.2, 0.25) is 0 Å². The molecule has 0 rings (SSSR count). The number of carbonyl (C=O) groups is 3. The molecule has 21 heavy (non-hydrogen) atoms. The standard InChI is InChI=1S/C15H29N3O3/c1-11(2)10-14(21)17-9-8-16-12(19)6-7-13(20)18-15(3,4)5/h11H,6-10H2,1-5H3,(H,16,19)(H,17,21)(H,18,20). The van der Waals surface area contributed by atoms with E-state index in [0.717, 1.165) is 0 Å². The van der Waals surface area contributed by atoms with Gasteiger partial charge in [0.15, 0.2) is 0 Å². The topological polar surface area (TPSA) is 87.3 Å². The van der Waals surface area contributed by atoms with Gasteiger partial charge in [0.05, 0.1) is 0 Å². The van der Waals surface area contributed by atoms with E-state index in [-0.39, 0.29) is 36.1 Å².